The lowest BCUT2D eigenvalue weighted by Gasteiger charge is -2.19. The van der Waals surface area contributed by atoms with Gasteiger partial charge in [0.2, 0.25) is 0 Å². The predicted molar refractivity (Wildman–Crippen MR) is 74.6 cm³/mol. The van der Waals surface area contributed by atoms with Gasteiger partial charge in [0.25, 0.3) is 0 Å². The molecule has 0 spiro atoms. The Morgan fingerprint density at radius 1 is 1.17 bits per heavy atom. The molecule has 2 heterocycles. The lowest BCUT2D eigenvalue weighted by molar-refractivity contribution is 0.429. The molecule has 0 fully saturated rings. The van der Waals surface area contributed by atoms with Crippen LogP contribution in [0.4, 0.5) is 0 Å². The minimum absolute atomic E-state index is 0.151. The zero-order valence-electron chi connectivity index (χ0n) is 11.0. The average molecular weight is 262 g/mol. The first-order valence-electron chi connectivity index (χ1n) is 6.02. The topological polar surface area (TPSA) is 50.7 Å². The molecule has 4 nitrogen and oxygen atoms in total. The van der Waals surface area contributed by atoms with Crippen molar-refractivity contribution in [2.75, 3.05) is 6.54 Å². The molecule has 2 aromatic rings. The highest BCUT2D eigenvalue weighted by Gasteiger charge is 2.10. The zero-order valence-corrected chi connectivity index (χ0v) is 11.8. The fraction of sp³-hybridized carbons (Fsp3) is 0.462. The summed E-state index contributed by atoms with van der Waals surface area (Å²) in [6, 6.07) is 3.91. The van der Waals surface area contributed by atoms with Crippen LogP contribution in [0, 0.1) is 0 Å². The molecule has 2 aromatic heterocycles. The number of hydrogen-bond donors (Lipinski definition) is 1. The third-order valence-corrected chi connectivity index (χ3v) is 3.42. The van der Waals surface area contributed by atoms with E-state index in [0.717, 1.165) is 28.5 Å². The second kappa shape index (κ2) is 5.54. The van der Waals surface area contributed by atoms with Crippen LogP contribution in [0.15, 0.2) is 24.5 Å². The molecule has 0 aliphatic carbocycles. The van der Waals surface area contributed by atoms with Crippen molar-refractivity contribution in [3.05, 3.63) is 29.5 Å². The van der Waals surface area contributed by atoms with Crippen molar-refractivity contribution in [1.29, 1.82) is 0 Å². The highest BCUT2D eigenvalue weighted by atomic mass is 32.1. The van der Waals surface area contributed by atoms with Gasteiger partial charge in [-0.05, 0) is 32.9 Å². The van der Waals surface area contributed by atoms with E-state index in [2.05, 4.69) is 41.3 Å². The van der Waals surface area contributed by atoms with Crippen LogP contribution in [0.3, 0.4) is 0 Å². The van der Waals surface area contributed by atoms with Crippen LogP contribution in [0.1, 0.15) is 25.8 Å². The molecule has 0 bridgehead atoms. The summed E-state index contributed by atoms with van der Waals surface area (Å²) < 4.78 is 0. The highest BCUT2D eigenvalue weighted by molar-refractivity contribution is 7.14. The van der Waals surface area contributed by atoms with Crippen molar-refractivity contribution in [1.82, 2.24) is 20.5 Å². The third-order valence-electron chi connectivity index (χ3n) is 2.39. The van der Waals surface area contributed by atoms with Gasteiger partial charge in [0.1, 0.15) is 10.0 Å². The molecule has 0 amide bonds. The van der Waals surface area contributed by atoms with Crippen molar-refractivity contribution in [3.63, 3.8) is 0 Å². The Bertz CT molecular complexity index is 487. The molecule has 0 aromatic carbocycles. The molecule has 0 aliphatic heterocycles. The van der Waals surface area contributed by atoms with Gasteiger partial charge in [0.05, 0.1) is 0 Å². The maximum Gasteiger partial charge on any atom is 0.147 e. The highest BCUT2D eigenvalue weighted by Crippen LogP contribution is 2.22. The van der Waals surface area contributed by atoms with Crippen molar-refractivity contribution >= 4 is 11.3 Å². The van der Waals surface area contributed by atoms with E-state index in [0.29, 0.717) is 0 Å². The fourth-order valence-corrected chi connectivity index (χ4v) is 2.35. The molecular formula is C13H18N4S. The molecule has 1 N–H and O–H groups in total. The molecular weight excluding hydrogens is 244 g/mol. The van der Waals surface area contributed by atoms with Gasteiger partial charge in [-0.1, -0.05) is 11.3 Å². The second-order valence-electron chi connectivity index (χ2n) is 5.16. The SMILES string of the molecule is CC(C)(C)NCCc1nnc(-c2ccncc2)s1. The first kappa shape index (κ1) is 13.1. The van der Waals surface area contributed by atoms with Gasteiger partial charge < -0.3 is 5.32 Å². The van der Waals surface area contributed by atoms with Gasteiger partial charge in [-0.15, -0.1) is 10.2 Å². The first-order valence-corrected chi connectivity index (χ1v) is 6.84. The van der Waals surface area contributed by atoms with E-state index >= 15 is 0 Å². The standard InChI is InChI=1S/C13H18N4S/c1-13(2,3)15-9-6-11-16-17-12(18-11)10-4-7-14-8-5-10/h4-5,7-8,15H,6,9H2,1-3H3. The van der Waals surface area contributed by atoms with Crippen molar-refractivity contribution in [2.24, 2.45) is 0 Å². The maximum atomic E-state index is 4.22. The monoisotopic (exact) mass is 262 g/mol. The third kappa shape index (κ3) is 3.85. The van der Waals surface area contributed by atoms with Gasteiger partial charge in [-0.2, -0.15) is 0 Å². The van der Waals surface area contributed by atoms with Crippen molar-refractivity contribution < 1.29 is 0 Å². The molecule has 0 aliphatic rings. The summed E-state index contributed by atoms with van der Waals surface area (Å²) in [5, 5.41) is 13.9. The smallest absolute Gasteiger partial charge is 0.147 e. The van der Waals surface area contributed by atoms with E-state index < -0.39 is 0 Å². The molecule has 2 rings (SSSR count). The molecule has 0 saturated carbocycles. The van der Waals surface area contributed by atoms with Crippen molar-refractivity contribution in [3.8, 4) is 10.6 Å². The number of nitrogens with one attached hydrogen (secondary N) is 1. The van der Waals surface area contributed by atoms with Crippen LogP contribution in [0.5, 0.6) is 0 Å². The number of hydrogen-bond acceptors (Lipinski definition) is 5. The minimum atomic E-state index is 0.151. The van der Waals surface area contributed by atoms with Crippen LogP contribution in [-0.4, -0.2) is 27.3 Å². The van der Waals surface area contributed by atoms with E-state index in [1.807, 2.05) is 12.1 Å². The van der Waals surface area contributed by atoms with Gasteiger partial charge in [-0.25, -0.2) is 0 Å². The maximum absolute atomic E-state index is 4.22. The largest absolute Gasteiger partial charge is 0.312 e. The van der Waals surface area contributed by atoms with Crippen molar-refractivity contribution in [2.45, 2.75) is 32.7 Å². The van der Waals surface area contributed by atoms with E-state index in [9.17, 15) is 0 Å². The molecule has 18 heavy (non-hydrogen) atoms. The number of nitrogens with zero attached hydrogens (tertiary/aromatic N) is 3. The Hall–Kier alpha value is -1.33. The Kier molecular flexibility index (Phi) is 4.04. The van der Waals surface area contributed by atoms with Crippen LogP contribution in [0.25, 0.3) is 10.6 Å². The number of pyridine rings is 1. The Balaban J connectivity index is 1.95. The summed E-state index contributed by atoms with van der Waals surface area (Å²) in [5.41, 5.74) is 1.23. The van der Waals surface area contributed by atoms with E-state index in [-0.39, 0.29) is 5.54 Å². The molecule has 5 heteroatoms. The predicted octanol–water partition coefficient (Wildman–Crippen LogP) is 2.53. The summed E-state index contributed by atoms with van der Waals surface area (Å²) in [6.07, 6.45) is 4.47. The summed E-state index contributed by atoms with van der Waals surface area (Å²) in [6.45, 7) is 7.41. The molecule has 0 atom stereocenters. The van der Waals surface area contributed by atoms with Gasteiger partial charge >= 0.3 is 0 Å². The van der Waals surface area contributed by atoms with Gasteiger partial charge in [0, 0.05) is 36.5 Å². The van der Waals surface area contributed by atoms with Crippen LogP contribution < -0.4 is 5.32 Å². The summed E-state index contributed by atoms with van der Waals surface area (Å²) in [4.78, 5) is 4.00. The van der Waals surface area contributed by atoms with E-state index in [1.54, 1.807) is 23.7 Å². The van der Waals surface area contributed by atoms with Crippen LogP contribution in [-0.2, 0) is 6.42 Å². The van der Waals surface area contributed by atoms with Crippen LogP contribution >= 0.6 is 11.3 Å². The zero-order chi connectivity index (χ0) is 13.0. The lowest BCUT2D eigenvalue weighted by atomic mass is 10.1. The Morgan fingerprint density at radius 2 is 1.89 bits per heavy atom. The van der Waals surface area contributed by atoms with Gasteiger partial charge in [0.15, 0.2) is 0 Å². The van der Waals surface area contributed by atoms with Gasteiger partial charge in [-0.3, -0.25) is 4.98 Å². The summed E-state index contributed by atoms with van der Waals surface area (Å²) in [5.74, 6) is 0. The normalized spacial score (nSPS) is 11.7. The Labute approximate surface area is 111 Å². The molecule has 96 valence electrons. The number of rotatable bonds is 4. The summed E-state index contributed by atoms with van der Waals surface area (Å²) >= 11 is 1.65. The van der Waals surface area contributed by atoms with Crippen LogP contribution in [0.2, 0.25) is 0 Å². The Morgan fingerprint density at radius 3 is 2.56 bits per heavy atom. The van der Waals surface area contributed by atoms with E-state index in [1.165, 1.54) is 0 Å². The molecule has 0 radical (unpaired) electrons. The molecule has 0 saturated heterocycles. The fourth-order valence-electron chi connectivity index (χ4n) is 1.51. The molecule has 0 unspecified atom stereocenters. The summed E-state index contributed by atoms with van der Waals surface area (Å²) in [7, 11) is 0. The van der Waals surface area contributed by atoms with E-state index in [4.69, 9.17) is 0 Å². The first-order chi connectivity index (χ1) is 8.54. The average Bonchev–Trinajstić information content (AvgIpc) is 2.77. The number of aromatic nitrogens is 3. The quantitative estimate of drug-likeness (QED) is 0.920. The minimum Gasteiger partial charge on any atom is -0.312 e. The lowest BCUT2D eigenvalue weighted by Crippen LogP contribution is -2.37. The second-order valence-corrected chi connectivity index (χ2v) is 6.23.